The predicted molar refractivity (Wildman–Crippen MR) is 107 cm³/mol. The number of nitrogens with zero attached hydrogens (tertiary/aromatic N) is 2. The summed E-state index contributed by atoms with van der Waals surface area (Å²) in [7, 11) is 0. The number of benzene rings is 1. The van der Waals surface area contributed by atoms with E-state index in [1.165, 1.54) is 14.0 Å². The topological polar surface area (TPSA) is 86.8 Å². The second-order valence-corrected chi connectivity index (χ2v) is 7.05. The van der Waals surface area contributed by atoms with E-state index in [1.807, 2.05) is 6.92 Å². The van der Waals surface area contributed by atoms with E-state index in [2.05, 4.69) is 5.32 Å². The maximum Gasteiger partial charge on any atom is 0.332 e. The van der Waals surface area contributed by atoms with Crippen LogP contribution >= 0.6 is 0 Å². The number of carbonyl (C=O) groups is 1. The Bertz CT molecular complexity index is 943. The molecule has 2 heterocycles. The fourth-order valence-electron chi connectivity index (χ4n) is 3.79. The molecule has 1 atom stereocenters. The normalized spacial score (nSPS) is 16.2. The molecule has 1 saturated heterocycles. The molecule has 28 heavy (non-hydrogen) atoms. The first-order valence-corrected chi connectivity index (χ1v) is 10.0. The van der Waals surface area contributed by atoms with Crippen LogP contribution in [0.25, 0.3) is 10.9 Å². The highest BCUT2D eigenvalue weighted by molar-refractivity contribution is 5.84. The van der Waals surface area contributed by atoms with Crippen LogP contribution in [0.2, 0.25) is 0 Å². The van der Waals surface area contributed by atoms with Crippen molar-refractivity contribution in [2.75, 3.05) is 39.4 Å². The lowest BCUT2D eigenvalue weighted by molar-refractivity contribution is -0.906. The number of morpholine rings is 1. The van der Waals surface area contributed by atoms with Gasteiger partial charge >= 0.3 is 5.69 Å². The zero-order valence-electron chi connectivity index (χ0n) is 16.6. The maximum atomic E-state index is 13.0. The van der Waals surface area contributed by atoms with Gasteiger partial charge in [0.05, 0.1) is 37.2 Å². The van der Waals surface area contributed by atoms with E-state index in [0.717, 1.165) is 32.8 Å². The zero-order chi connectivity index (χ0) is 20.1. The average molecular weight is 389 g/mol. The summed E-state index contributed by atoms with van der Waals surface area (Å²) in [5.74, 6) is -0.191. The number of fused-ring (bicyclic) bond motifs is 1. The van der Waals surface area contributed by atoms with E-state index in [9.17, 15) is 14.4 Å². The van der Waals surface area contributed by atoms with Crippen LogP contribution in [0.3, 0.4) is 0 Å². The molecule has 8 nitrogen and oxygen atoms in total. The van der Waals surface area contributed by atoms with Crippen molar-refractivity contribution in [2.24, 2.45) is 0 Å². The second-order valence-electron chi connectivity index (χ2n) is 7.05. The number of ether oxygens (including phenoxy) is 1. The van der Waals surface area contributed by atoms with Crippen molar-refractivity contribution >= 4 is 16.8 Å². The molecule has 1 aromatic carbocycles. The van der Waals surface area contributed by atoms with E-state index >= 15 is 0 Å². The minimum absolute atomic E-state index is 0.191. The lowest BCUT2D eigenvalue weighted by Crippen LogP contribution is -3.14. The van der Waals surface area contributed by atoms with Crippen molar-refractivity contribution in [1.82, 2.24) is 14.5 Å². The Morgan fingerprint density at radius 3 is 2.61 bits per heavy atom. The van der Waals surface area contributed by atoms with E-state index < -0.39 is 11.7 Å². The molecule has 0 saturated carbocycles. The third kappa shape index (κ3) is 4.02. The number of nitrogens with one attached hydrogen (secondary N) is 2. The van der Waals surface area contributed by atoms with E-state index in [4.69, 9.17) is 4.74 Å². The molecular formula is C20H29N4O4+. The summed E-state index contributed by atoms with van der Waals surface area (Å²) in [4.78, 5) is 39.9. The molecule has 0 aliphatic carbocycles. The van der Waals surface area contributed by atoms with Gasteiger partial charge in [-0.05, 0) is 25.5 Å². The summed E-state index contributed by atoms with van der Waals surface area (Å²) < 4.78 is 8.01. The Hall–Kier alpha value is -2.45. The Kier molecular flexibility index (Phi) is 6.64. The van der Waals surface area contributed by atoms with Crippen LogP contribution in [0.1, 0.15) is 26.3 Å². The van der Waals surface area contributed by atoms with Crippen LogP contribution in [0, 0.1) is 0 Å². The molecule has 3 rings (SSSR count). The lowest BCUT2D eigenvalue weighted by Gasteiger charge is -2.25. The lowest BCUT2D eigenvalue weighted by atomic mass is 10.1. The third-order valence-corrected chi connectivity index (χ3v) is 5.37. The van der Waals surface area contributed by atoms with Crippen molar-refractivity contribution < 1.29 is 14.4 Å². The summed E-state index contributed by atoms with van der Waals surface area (Å²) in [5, 5.41) is 3.43. The molecule has 2 N–H and O–H groups in total. The molecule has 0 bridgehead atoms. The van der Waals surface area contributed by atoms with Crippen molar-refractivity contribution in [2.45, 2.75) is 32.9 Å². The first-order chi connectivity index (χ1) is 13.6. The Morgan fingerprint density at radius 2 is 1.93 bits per heavy atom. The van der Waals surface area contributed by atoms with Gasteiger partial charge < -0.3 is 15.0 Å². The number of quaternary nitrogens is 1. The fourth-order valence-corrected chi connectivity index (χ4v) is 3.79. The van der Waals surface area contributed by atoms with Gasteiger partial charge in [-0.15, -0.1) is 0 Å². The minimum Gasteiger partial charge on any atom is -0.370 e. The van der Waals surface area contributed by atoms with Crippen LogP contribution in [-0.4, -0.2) is 54.4 Å². The molecule has 1 amide bonds. The molecule has 2 aromatic rings. The fraction of sp³-hybridized carbons (Fsp3) is 0.550. The summed E-state index contributed by atoms with van der Waals surface area (Å²) in [5.41, 5.74) is -0.250. The Balaban J connectivity index is 1.87. The third-order valence-electron chi connectivity index (χ3n) is 5.37. The van der Waals surface area contributed by atoms with Crippen LogP contribution in [-0.2, 0) is 16.1 Å². The molecular weight excluding hydrogens is 360 g/mol. The molecule has 1 aliphatic rings. The molecule has 1 fully saturated rings. The van der Waals surface area contributed by atoms with E-state index in [1.54, 1.807) is 31.2 Å². The number of hydrogen-bond acceptors (Lipinski definition) is 4. The monoisotopic (exact) mass is 389 g/mol. The molecule has 1 aromatic heterocycles. The van der Waals surface area contributed by atoms with Crippen LogP contribution in [0.5, 0.6) is 0 Å². The Labute approximate surface area is 163 Å². The van der Waals surface area contributed by atoms with Crippen LogP contribution in [0.15, 0.2) is 33.9 Å². The van der Waals surface area contributed by atoms with Gasteiger partial charge in [0.15, 0.2) is 0 Å². The SMILES string of the molecule is CC[C@@H](C(=O)NCC[NH+]1CCOCC1)n1c(=O)n(CC)c(=O)c2ccccc21. The van der Waals surface area contributed by atoms with Crippen LogP contribution < -0.4 is 21.5 Å². The maximum absolute atomic E-state index is 13.0. The quantitative estimate of drug-likeness (QED) is 0.647. The summed E-state index contributed by atoms with van der Waals surface area (Å²) >= 11 is 0. The highest BCUT2D eigenvalue weighted by atomic mass is 16.5. The van der Waals surface area contributed by atoms with Crippen molar-refractivity contribution in [3.63, 3.8) is 0 Å². The highest BCUT2D eigenvalue weighted by Gasteiger charge is 2.24. The second kappa shape index (κ2) is 9.16. The average Bonchev–Trinajstić information content (AvgIpc) is 2.72. The van der Waals surface area contributed by atoms with Gasteiger partial charge in [-0.1, -0.05) is 19.1 Å². The van der Waals surface area contributed by atoms with Gasteiger partial charge in [-0.3, -0.25) is 18.7 Å². The number of carbonyl (C=O) groups excluding carboxylic acids is 1. The van der Waals surface area contributed by atoms with Gasteiger partial charge in [-0.2, -0.15) is 0 Å². The number of amides is 1. The van der Waals surface area contributed by atoms with Crippen molar-refractivity contribution in [3.8, 4) is 0 Å². The summed E-state index contributed by atoms with van der Waals surface area (Å²) in [6, 6.07) is 6.32. The number of aromatic nitrogens is 2. The van der Waals surface area contributed by atoms with Gasteiger partial charge in [-0.25, -0.2) is 4.79 Å². The van der Waals surface area contributed by atoms with Gasteiger partial charge in [0, 0.05) is 6.54 Å². The summed E-state index contributed by atoms with van der Waals surface area (Å²) in [6.45, 7) is 8.66. The van der Waals surface area contributed by atoms with Gasteiger partial charge in [0.25, 0.3) is 5.56 Å². The minimum atomic E-state index is -0.657. The van der Waals surface area contributed by atoms with Crippen molar-refractivity contribution in [3.05, 3.63) is 45.1 Å². The molecule has 0 unspecified atom stereocenters. The molecule has 0 radical (unpaired) electrons. The van der Waals surface area contributed by atoms with Crippen molar-refractivity contribution in [1.29, 1.82) is 0 Å². The van der Waals surface area contributed by atoms with E-state index in [-0.39, 0.29) is 18.0 Å². The van der Waals surface area contributed by atoms with Gasteiger partial charge in [0.2, 0.25) is 5.91 Å². The highest BCUT2D eigenvalue weighted by Crippen LogP contribution is 2.16. The Morgan fingerprint density at radius 1 is 1.21 bits per heavy atom. The standard InChI is InChI=1S/C20H28N4O4/c1-3-16(18(25)21-9-10-22-11-13-28-14-12-22)24-17-8-6-5-7-15(17)19(26)23(4-2)20(24)27/h5-8,16H,3-4,9-14H2,1-2H3,(H,21,25)/p+1/t16-/m0/s1. The first-order valence-electron chi connectivity index (χ1n) is 10.0. The van der Waals surface area contributed by atoms with Crippen LogP contribution in [0.4, 0.5) is 0 Å². The van der Waals surface area contributed by atoms with Gasteiger partial charge in [0.1, 0.15) is 19.1 Å². The first kappa shape index (κ1) is 20.3. The largest absolute Gasteiger partial charge is 0.370 e. The predicted octanol–water partition coefficient (Wildman–Crippen LogP) is -0.834. The molecule has 8 heteroatoms. The summed E-state index contributed by atoms with van der Waals surface area (Å²) in [6.07, 6.45) is 0.460. The number of para-hydroxylation sites is 1. The molecule has 152 valence electrons. The molecule has 0 spiro atoms. The molecule has 1 aliphatic heterocycles. The number of rotatable bonds is 7. The smallest absolute Gasteiger partial charge is 0.332 e. The number of hydrogen-bond donors (Lipinski definition) is 2. The van der Waals surface area contributed by atoms with E-state index in [0.29, 0.717) is 23.9 Å². The zero-order valence-corrected chi connectivity index (χ0v) is 16.6.